The molecule has 4 heterocycles. The van der Waals surface area contributed by atoms with E-state index in [2.05, 4.69) is 38.8 Å². The predicted octanol–water partition coefficient (Wildman–Crippen LogP) is 6.31. The van der Waals surface area contributed by atoms with E-state index in [1.807, 2.05) is 37.3 Å². The number of aromatic nitrogens is 4. The molecule has 1 fully saturated rings. The molecule has 7 heteroatoms. The molecule has 0 amide bonds. The molecule has 5 aromatic rings. The molecule has 0 atom stereocenters. The van der Waals surface area contributed by atoms with Crippen molar-refractivity contribution in [2.24, 2.45) is 0 Å². The summed E-state index contributed by atoms with van der Waals surface area (Å²) in [6.45, 7) is 1.97. The number of fused-ring (bicyclic) bond motifs is 2. The van der Waals surface area contributed by atoms with Crippen LogP contribution in [0.4, 0.5) is 23.0 Å². The average Bonchev–Trinajstić information content (AvgIpc) is 3.55. The van der Waals surface area contributed by atoms with Crippen LogP contribution in [0.1, 0.15) is 29.5 Å². The second-order valence-corrected chi connectivity index (χ2v) is 8.88. The lowest BCUT2D eigenvalue weighted by Crippen LogP contribution is -2.01. The fourth-order valence-corrected chi connectivity index (χ4v) is 4.83. The molecular weight excluding hydrogens is 404 g/mol. The van der Waals surface area contributed by atoms with Crippen LogP contribution in [-0.2, 0) is 0 Å². The standard InChI is InChI=1S/C24H20N6S/c1-14-18(5-3-10-25-14)28-22-13-20-17(4-2-11-26-20)23(30-22)27-16-8-9-19-21(12-16)31-24(29-19)15-6-7-15/h2-5,8-13,15H,6-7H2,1H3,(H2,27,28,30). The Hall–Kier alpha value is -3.58. The van der Waals surface area contributed by atoms with Crippen molar-refractivity contribution in [1.82, 2.24) is 19.9 Å². The number of anilines is 4. The lowest BCUT2D eigenvalue weighted by atomic mass is 10.2. The Bertz CT molecular complexity index is 1420. The molecule has 0 unspecified atom stereocenters. The molecule has 0 radical (unpaired) electrons. The summed E-state index contributed by atoms with van der Waals surface area (Å²) in [4.78, 5) is 18.5. The highest BCUT2D eigenvalue weighted by Crippen LogP contribution is 2.43. The molecular formula is C24H20N6S. The van der Waals surface area contributed by atoms with E-state index < -0.39 is 0 Å². The minimum Gasteiger partial charge on any atom is -0.340 e. The fourth-order valence-electron chi connectivity index (χ4n) is 3.65. The molecule has 31 heavy (non-hydrogen) atoms. The Morgan fingerprint density at radius 2 is 1.77 bits per heavy atom. The van der Waals surface area contributed by atoms with E-state index in [1.165, 1.54) is 22.5 Å². The zero-order valence-electron chi connectivity index (χ0n) is 17.0. The second kappa shape index (κ2) is 7.28. The minimum atomic E-state index is 0.671. The summed E-state index contributed by atoms with van der Waals surface area (Å²) in [5, 5.41) is 9.12. The van der Waals surface area contributed by atoms with E-state index >= 15 is 0 Å². The lowest BCUT2D eigenvalue weighted by Gasteiger charge is -2.13. The van der Waals surface area contributed by atoms with Crippen molar-refractivity contribution in [3.63, 3.8) is 0 Å². The highest BCUT2D eigenvalue weighted by molar-refractivity contribution is 7.18. The van der Waals surface area contributed by atoms with Crippen molar-refractivity contribution in [2.75, 3.05) is 10.6 Å². The summed E-state index contributed by atoms with van der Waals surface area (Å²) in [5.74, 6) is 2.16. The molecule has 4 aromatic heterocycles. The summed E-state index contributed by atoms with van der Waals surface area (Å²) >= 11 is 1.80. The number of rotatable bonds is 5. The van der Waals surface area contributed by atoms with Crippen molar-refractivity contribution in [2.45, 2.75) is 25.7 Å². The van der Waals surface area contributed by atoms with E-state index in [1.54, 1.807) is 23.7 Å². The van der Waals surface area contributed by atoms with Crippen LogP contribution in [0.2, 0.25) is 0 Å². The normalized spacial score (nSPS) is 13.6. The first-order valence-electron chi connectivity index (χ1n) is 10.3. The Balaban J connectivity index is 1.38. The summed E-state index contributed by atoms with van der Waals surface area (Å²) in [6.07, 6.45) is 6.12. The Morgan fingerprint density at radius 1 is 0.903 bits per heavy atom. The van der Waals surface area contributed by atoms with Gasteiger partial charge in [0.15, 0.2) is 0 Å². The Kier molecular flexibility index (Phi) is 4.28. The van der Waals surface area contributed by atoms with Crippen LogP contribution in [0.15, 0.2) is 60.9 Å². The molecule has 1 aliphatic rings. The molecule has 152 valence electrons. The first-order chi connectivity index (χ1) is 15.2. The van der Waals surface area contributed by atoms with Gasteiger partial charge in [0.1, 0.15) is 11.6 Å². The topological polar surface area (TPSA) is 75.6 Å². The van der Waals surface area contributed by atoms with E-state index in [0.717, 1.165) is 45.1 Å². The number of hydrogen-bond acceptors (Lipinski definition) is 7. The van der Waals surface area contributed by atoms with Crippen molar-refractivity contribution in [3.8, 4) is 0 Å². The van der Waals surface area contributed by atoms with Gasteiger partial charge in [-0.3, -0.25) is 9.97 Å². The second-order valence-electron chi connectivity index (χ2n) is 7.82. The molecule has 1 saturated carbocycles. The third kappa shape index (κ3) is 3.57. The van der Waals surface area contributed by atoms with Crippen LogP contribution < -0.4 is 10.6 Å². The molecule has 0 saturated heterocycles. The van der Waals surface area contributed by atoms with Crippen molar-refractivity contribution < 1.29 is 0 Å². The molecule has 0 aliphatic heterocycles. The van der Waals surface area contributed by atoms with Gasteiger partial charge in [-0.2, -0.15) is 0 Å². The van der Waals surface area contributed by atoms with Gasteiger partial charge >= 0.3 is 0 Å². The fraction of sp³-hybridized carbons (Fsp3) is 0.167. The molecule has 6 nitrogen and oxygen atoms in total. The molecule has 1 aromatic carbocycles. The van der Waals surface area contributed by atoms with Gasteiger partial charge in [-0.15, -0.1) is 11.3 Å². The van der Waals surface area contributed by atoms with Gasteiger partial charge in [-0.25, -0.2) is 9.97 Å². The number of thiazole rings is 1. The van der Waals surface area contributed by atoms with Gasteiger partial charge in [0.05, 0.1) is 32.1 Å². The smallest absolute Gasteiger partial charge is 0.142 e. The van der Waals surface area contributed by atoms with Crippen LogP contribution >= 0.6 is 11.3 Å². The molecule has 0 spiro atoms. The number of aryl methyl sites for hydroxylation is 1. The lowest BCUT2D eigenvalue weighted by molar-refractivity contribution is 1.10. The quantitative estimate of drug-likeness (QED) is 0.344. The maximum atomic E-state index is 4.85. The van der Waals surface area contributed by atoms with Gasteiger partial charge in [0, 0.05) is 35.5 Å². The zero-order valence-corrected chi connectivity index (χ0v) is 17.8. The van der Waals surface area contributed by atoms with Crippen LogP contribution in [0, 0.1) is 6.92 Å². The van der Waals surface area contributed by atoms with Crippen LogP contribution in [0.3, 0.4) is 0 Å². The van der Waals surface area contributed by atoms with Gasteiger partial charge in [0.2, 0.25) is 0 Å². The van der Waals surface area contributed by atoms with Gasteiger partial charge in [-0.05, 0) is 62.2 Å². The monoisotopic (exact) mass is 424 g/mol. The summed E-state index contributed by atoms with van der Waals surface area (Å²) < 4.78 is 1.20. The van der Waals surface area contributed by atoms with Gasteiger partial charge in [-0.1, -0.05) is 0 Å². The summed E-state index contributed by atoms with van der Waals surface area (Å²) in [7, 11) is 0. The zero-order chi connectivity index (χ0) is 20.8. The number of hydrogen-bond donors (Lipinski definition) is 2. The van der Waals surface area contributed by atoms with Crippen LogP contribution in [0.5, 0.6) is 0 Å². The number of nitrogens with one attached hydrogen (secondary N) is 2. The van der Waals surface area contributed by atoms with E-state index in [0.29, 0.717) is 5.92 Å². The van der Waals surface area contributed by atoms with Crippen molar-refractivity contribution in [3.05, 3.63) is 71.6 Å². The SMILES string of the molecule is Cc1ncccc1Nc1cc2ncccc2c(Nc2ccc3nc(C4CC4)sc3c2)n1. The number of pyridine rings is 3. The largest absolute Gasteiger partial charge is 0.340 e. The molecule has 2 N–H and O–H groups in total. The average molecular weight is 425 g/mol. The highest BCUT2D eigenvalue weighted by Gasteiger charge is 2.27. The first-order valence-corrected chi connectivity index (χ1v) is 11.2. The highest BCUT2D eigenvalue weighted by atomic mass is 32.1. The minimum absolute atomic E-state index is 0.671. The van der Waals surface area contributed by atoms with Crippen molar-refractivity contribution >= 4 is 55.5 Å². The van der Waals surface area contributed by atoms with Crippen LogP contribution in [-0.4, -0.2) is 19.9 Å². The predicted molar refractivity (Wildman–Crippen MR) is 127 cm³/mol. The molecule has 1 aliphatic carbocycles. The Morgan fingerprint density at radius 3 is 2.65 bits per heavy atom. The van der Waals surface area contributed by atoms with Gasteiger partial charge < -0.3 is 10.6 Å². The van der Waals surface area contributed by atoms with E-state index in [9.17, 15) is 0 Å². The number of benzene rings is 1. The third-order valence-corrected chi connectivity index (χ3v) is 6.64. The number of nitrogens with zero attached hydrogens (tertiary/aromatic N) is 4. The van der Waals surface area contributed by atoms with Crippen LogP contribution in [0.25, 0.3) is 21.1 Å². The Labute approximate surface area is 183 Å². The summed E-state index contributed by atoms with van der Waals surface area (Å²) in [5.41, 5.74) is 4.78. The molecule has 0 bridgehead atoms. The summed E-state index contributed by atoms with van der Waals surface area (Å²) in [6, 6.07) is 16.1. The maximum absolute atomic E-state index is 4.85. The van der Waals surface area contributed by atoms with Gasteiger partial charge in [0.25, 0.3) is 0 Å². The maximum Gasteiger partial charge on any atom is 0.142 e. The molecule has 6 rings (SSSR count). The first kappa shape index (κ1) is 18.2. The van der Waals surface area contributed by atoms with Crippen molar-refractivity contribution in [1.29, 1.82) is 0 Å². The third-order valence-electron chi connectivity index (χ3n) is 5.46. The van der Waals surface area contributed by atoms with E-state index in [-0.39, 0.29) is 0 Å². The van der Waals surface area contributed by atoms with E-state index in [4.69, 9.17) is 9.97 Å².